The Morgan fingerprint density at radius 2 is 2.00 bits per heavy atom. The summed E-state index contributed by atoms with van der Waals surface area (Å²) in [6.07, 6.45) is 1.58. The Balaban J connectivity index is 1.91. The zero-order valence-electron chi connectivity index (χ0n) is 11.6. The Kier molecular flexibility index (Phi) is 5.56. The van der Waals surface area contributed by atoms with E-state index in [1.807, 2.05) is 31.3 Å². The third kappa shape index (κ3) is 4.70. The first-order chi connectivity index (χ1) is 10.1. The van der Waals surface area contributed by atoms with E-state index in [1.54, 1.807) is 18.3 Å². The second kappa shape index (κ2) is 7.41. The zero-order valence-corrected chi connectivity index (χ0v) is 13.1. The van der Waals surface area contributed by atoms with Gasteiger partial charge in [0.2, 0.25) is 0 Å². The molecule has 0 radical (unpaired) electrons. The van der Waals surface area contributed by atoms with Crippen LogP contribution in [0.1, 0.15) is 5.56 Å². The fourth-order valence-electron chi connectivity index (χ4n) is 1.98. The number of anilines is 1. The first-order valence-electron chi connectivity index (χ1n) is 6.51. The van der Waals surface area contributed by atoms with Crippen LogP contribution in [0, 0.1) is 0 Å². The number of carbonyl (C=O) groups excluding carboxylic acids is 1. The van der Waals surface area contributed by atoms with Crippen LogP contribution in [0.15, 0.2) is 42.6 Å². The SMILES string of the molecule is C[NH+](CC(=O)Nc1cccnc1Cl)Cc1ccccc1Cl. The number of nitrogens with one attached hydrogen (secondary N) is 2. The topological polar surface area (TPSA) is 46.4 Å². The highest BCUT2D eigenvalue weighted by molar-refractivity contribution is 6.32. The van der Waals surface area contributed by atoms with Crippen LogP contribution in [-0.4, -0.2) is 24.5 Å². The molecule has 0 spiro atoms. The summed E-state index contributed by atoms with van der Waals surface area (Å²) >= 11 is 12.0. The molecule has 0 bridgehead atoms. The minimum absolute atomic E-state index is 0.116. The average molecular weight is 325 g/mol. The van der Waals surface area contributed by atoms with Gasteiger partial charge >= 0.3 is 0 Å². The van der Waals surface area contributed by atoms with Gasteiger partial charge in [-0.05, 0) is 18.2 Å². The molecule has 1 aromatic carbocycles. The summed E-state index contributed by atoms with van der Waals surface area (Å²) in [6.45, 7) is 0.990. The molecule has 2 N–H and O–H groups in total. The van der Waals surface area contributed by atoms with Gasteiger partial charge in [0.15, 0.2) is 11.7 Å². The maximum atomic E-state index is 12.0. The molecule has 1 unspecified atom stereocenters. The molecule has 0 saturated carbocycles. The normalized spacial score (nSPS) is 12.0. The summed E-state index contributed by atoms with van der Waals surface area (Å²) in [5.74, 6) is -0.116. The van der Waals surface area contributed by atoms with Gasteiger partial charge in [0.05, 0.1) is 12.7 Å². The van der Waals surface area contributed by atoms with Crippen LogP contribution in [0.25, 0.3) is 0 Å². The van der Waals surface area contributed by atoms with Crippen LogP contribution in [0.3, 0.4) is 0 Å². The molecule has 110 valence electrons. The van der Waals surface area contributed by atoms with Crippen molar-refractivity contribution < 1.29 is 9.69 Å². The van der Waals surface area contributed by atoms with Crippen LogP contribution >= 0.6 is 23.2 Å². The van der Waals surface area contributed by atoms with Crippen molar-refractivity contribution in [2.24, 2.45) is 0 Å². The van der Waals surface area contributed by atoms with E-state index in [0.29, 0.717) is 23.8 Å². The van der Waals surface area contributed by atoms with E-state index in [2.05, 4.69) is 10.3 Å². The molecule has 1 amide bonds. The maximum Gasteiger partial charge on any atom is 0.279 e. The minimum Gasteiger partial charge on any atom is -0.326 e. The number of nitrogens with zero attached hydrogens (tertiary/aromatic N) is 1. The summed E-state index contributed by atoms with van der Waals surface area (Å²) in [7, 11) is 1.94. The number of rotatable bonds is 5. The predicted octanol–water partition coefficient (Wildman–Crippen LogP) is 2.04. The van der Waals surface area contributed by atoms with E-state index in [1.165, 1.54) is 0 Å². The highest BCUT2D eigenvalue weighted by Gasteiger charge is 2.13. The number of halogens is 2. The number of pyridine rings is 1. The lowest BCUT2D eigenvalue weighted by Gasteiger charge is -2.14. The molecule has 1 heterocycles. The van der Waals surface area contributed by atoms with Crippen LogP contribution in [0.4, 0.5) is 5.69 Å². The Labute approximate surface area is 133 Å². The van der Waals surface area contributed by atoms with Crippen molar-refractivity contribution in [3.05, 3.63) is 58.3 Å². The number of benzene rings is 1. The van der Waals surface area contributed by atoms with Crippen molar-refractivity contribution in [3.8, 4) is 0 Å². The molecule has 0 aliphatic rings. The van der Waals surface area contributed by atoms with Gasteiger partial charge in [-0.25, -0.2) is 4.98 Å². The smallest absolute Gasteiger partial charge is 0.279 e. The molecule has 0 aliphatic heterocycles. The third-order valence-corrected chi connectivity index (χ3v) is 3.62. The Bertz CT molecular complexity index is 634. The van der Waals surface area contributed by atoms with Gasteiger partial charge in [-0.15, -0.1) is 0 Å². The minimum atomic E-state index is -0.116. The summed E-state index contributed by atoms with van der Waals surface area (Å²) in [4.78, 5) is 16.9. The number of carbonyl (C=O) groups is 1. The molecule has 2 aromatic rings. The molecular weight excluding hydrogens is 309 g/mol. The number of amides is 1. The van der Waals surface area contributed by atoms with E-state index in [4.69, 9.17) is 23.2 Å². The quantitative estimate of drug-likeness (QED) is 0.827. The average Bonchev–Trinajstić information content (AvgIpc) is 2.44. The number of hydrogen-bond acceptors (Lipinski definition) is 2. The second-order valence-electron chi connectivity index (χ2n) is 4.79. The van der Waals surface area contributed by atoms with Crippen molar-refractivity contribution in [2.75, 3.05) is 18.9 Å². The van der Waals surface area contributed by atoms with Crippen LogP contribution < -0.4 is 10.2 Å². The summed E-state index contributed by atoms with van der Waals surface area (Å²) < 4.78 is 0. The predicted molar refractivity (Wildman–Crippen MR) is 84.8 cm³/mol. The molecular formula is C15H16Cl2N3O+. The molecule has 4 nitrogen and oxygen atoms in total. The van der Waals surface area contributed by atoms with Crippen molar-refractivity contribution in [2.45, 2.75) is 6.54 Å². The fourth-order valence-corrected chi connectivity index (χ4v) is 2.35. The Hall–Kier alpha value is -1.62. The molecule has 0 saturated heterocycles. The van der Waals surface area contributed by atoms with E-state index in [0.717, 1.165) is 10.5 Å². The molecule has 0 fully saturated rings. The molecule has 21 heavy (non-hydrogen) atoms. The van der Waals surface area contributed by atoms with Crippen LogP contribution in [0.5, 0.6) is 0 Å². The van der Waals surface area contributed by atoms with Crippen molar-refractivity contribution >= 4 is 34.8 Å². The molecule has 2 rings (SSSR count). The molecule has 1 aromatic heterocycles. The first-order valence-corrected chi connectivity index (χ1v) is 7.27. The summed E-state index contributed by atoms with van der Waals surface area (Å²) in [5, 5.41) is 3.76. The Morgan fingerprint density at radius 3 is 2.71 bits per heavy atom. The first kappa shape index (κ1) is 15.8. The number of quaternary nitrogens is 1. The highest BCUT2D eigenvalue weighted by atomic mass is 35.5. The van der Waals surface area contributed by atoms with Gasteiger partial charge in [0.25, 0.3) is 5.91 Å². The summed E-state index contributed by atoms with van der Waals surface area (Å²) in [5.41, 5.74) is 1.54. The van der Waals surface area contributed by atoms with E-state index < -0.39 is 0 Å². The van der Waals surface area contributed by atoms with Gasteiger partial charge in [0, 0.05) is 16.8 Å². The van der Waals surface area contributed by atoms with Crippen molar-refractivity contribution in [3.63, 3.8) is 0 Å². The van der Waals surface area contributed by atoms with E-state index >= 15 is 0 Å². The van der Waals surface area contributed by atoms with Crippen molar-refractivity contribution in [1.29, 1.82) is 0 Å². The Morgan fingerprint density at radius 1 is 1.24 bits per heavy atom. The standard InChI is InChI=1S/C15H15Cl2N3O/c1-20(9-11-5-2-3-6-12(11)16)10-14(21)19-13-7-4-8-18-15(13)17/h2-8H,9-10H2,1H3,(H,19,21)/p+1. The molecule has 0 aliphatic carbocycles. The van der Waals surface area contributed by atoms with E-state index in [9.17, 15) is 4.79 Å². The van der Waals surface area contributed by atoms with Crippen molar-refractivity contribution in [1.82, 2.24) is 4.98 Å². The van der Waals surface area contributed by atoms with Gasteiger partial charge < -0.3 is 10.2 Å². The zero-order chi connectivity index (χ0) is 15.2. The largest absolute Gasteiger partial charge is 0.326 e. The molecule has 1 atom stereocenters. The lowest BCUT2D eigenvalue weighted by molar-refractivity contribution is -0.885. The number of hydrogen-bond donors (Lipinski definition) is 2. The lowest BCUT2D eigenvalue weighted by atomic mass is 10.2. The molecule has 6 heteroatoms. The second-order valence-corrected chi connectivity index (χ2v) is 5.56. The third-order valence-electron chi connectivity index (χ3n) is 2.95. The van der Waals surface area contributed by atoms with Gasteiger partial charge in [-0.2, -0.15) is 0 Å². The number of likely N-dealkylation sites (N-methyl/N-ethyl adjacent to an activating group) is 1. The van der Waals surface area contributed by atoms with Crippen LogP contribution in [-0.2, 0) is 11.3 Å². The lowest BCUT2D eigenvalue weighted by Crippen LogP contribution is -3.08. The summed E-state index contributed by atoms with van der Waals surface area (Å²) in [6, 6.07) is 11.1. The van der Waals surface area contributed by atoms with Crippen LogP contribution in [0.2, 0.25) is 10.2 Å². The van der Waals surface area contributed by atoms with Gasteiger partial charge in [-0.3, -0.25) is 4.79 Å². The highest BCUT2D eigenvalue weighted by Crippen LogP contribution is 2.17. The fraction of sp³-hybridized carbons (Fsp3) is 0.200. The number of aromatic nitrogens is 1. The monoisotopic (exact) mass is 324 g/mol. The maximum absolute atomic E-state index is 12.0. The van der Waals surface area contributed by atoms with Gasteiger partial charge in [0.1, 0.15) is 6.54 Å². The van der Waals surface area contributed by atoms with Gasteiger partial charge in [-0.1, -0.05) is 41.4 Å². The van der Waals surface area contributed by atoms with E-state index in [-0.39, 0.29) is 11.1 Å².